The van der Waals surface area contributed by atoms with Crippen molar-refractivity contribution in [2.75, 3.05) is 6.54 Å². The Bertz CT molecular complexity index is 558. The predicted molar refractivity (Wildman–Crippen MR) is 80.1 cm³/mol. The number of hydrogen-bond acceptors (Lipinski definition) is 1. The third-order valence-corrected chi connectivity index (χ3v) is 4.41. The molecule has 1 saturated carbocycles. The van der Waals surface area contributed by atoms with Gasteiger partial charge in [-0.2, -0.15) is 13.2 Å². The van der Waals surface area contributed by atoms with Crippen molar-refractivity contribution in [3.63, 3.8) is 0 Å². The Morgan fingerprint density at radius 3 is 2.50 bits per heavy atom. The molecule has 22 heavy (non-hydrogen) atoms. The van der Waals surface area contributed by atoms with Crippen LogP contribution >= 0.6 is 23.2 Å². The molecule has 1 amide bonds. The van der Waals surface area contributed by atoms with Crippen LogP contribution < -0.4 is 0 Å². The first kappa shape index (κ1) is 17.4. The summed E-state index contributed by atoms with van der Waals surface area (Å²) in [7, 11) is 0. The van der Waals surface area contributed by atoms with E-state index in [2.05, 4.69) is 0 Å². The second-order valence-corrected chi connectivity index (χ2v) is 6.47. The maximum Gasteiger partial charge on any atom is 0.406 e. The molecule has 0 spiro atoms. The number of carbonyl (C=O) groups is 1. The highest BCUT2D eigenvalue weighted by Crippen LogP contribution is 2.36. The first-order valence-corrected chi connectivity index (χ1v) is 7.73. The summed E-state index contributed by atoms with van der Waals surface area (Å²) >= 11 is 11.8. The highest BCUT2D eigenvalue weighted by atomic mass is 35.5. The Kier molecular flexibility index (Phi) is 5.28. The number of amides is 1. The third kappa shape index (κ3) is 4.78. The van der Waals surface area contributed by atoms with E-state index in [1.807, 2.05) is 0 Å². The van der Waals surface area contributed by atoms with Gasteiger partial charge in [0.25, 0.3) is 0 Å². The van der Waals surface area contributed by atoms with Crippen molar-refractivity contribution < 1.29 is 18.0 Å². The number of alkyl halides is 3. The molecule has 1 aromatic carbocycles. The van der Waals surface area contributed by atoms with Gasteiger partial charge >= 0.3 is 6.18 Å². The van der Waals surface area contributed by atoms with Crippen LogP contribution in [0, 0.1) is 5.92 Å². The molecule has 0 N–H and O–H groups in total. The molecule has 1 aromatic rings. The number of carbonyl (C=O) groups excluding carboxylic acids is 1. The van der Waals surface area contributed by atoms with E-state index < -0.39 is 24.7 Å². The summed E-state index contributed by atoms with van der Waals surface area (Å²) in [4.78, 5) is 13.3. The minimum atomic E-state index is -4.41. The lowest BCUT2D eigenvalue weighted by Crippen LogP contribution is -2.46. The van der Waals surface area contributed by atoms with Gasteiger partial charge in [-0.05, 0) is 43.4 Å². The van der Waals surface area contributed by atoms with Gasteiger partial charge < -0.3 is 4.90 Å². The van der Waals surface area contributed by atoms with Crippen molar-refractivity contribution in [3.8, 4) is 0 Å². The summed E-state index contributed by atoms with van der Waals surface area (Å²) < 4.78 is 38.2. The van der Waals surface area contributed by atoms with E-state index in [9.17, 15) is 18.0 Å². The Labute approximate surface area is 137 Å². The normalized spacial score (nSPS) is 16.5. The van der Waals surface area contributed by atoms with Crippen molar-refractivity contribution in [2.24, 2.45) is 5.92 Å². The van der Waals surface area contributed by atoms with E-state index in [4.69, 9.17) is 23.2 Å². The molecule has 1 fully saturated rings. The van der Waals surface area contributed by atoms with Gasteiger partial charge in [0.2, 0.25) is 5.91 Å². The molecule has 0 aliphatic heterocycles. The minimum absolute atomic E-state index is 0.159. The van der Waals surface area contributed by atoms with Gasteiger partial charge in [0.1, 0.15) is 6.54 Å². The van der Waals surface area contributed by atoms with Gasteiger partial charge in [0.05, 0.1) is 6.42 Å². The number of rotatable bonds is 5. The standard InChI is InChI=1S/C15H16Cl2F3NO/c1-9(10-2-3-10)21(8-15(18,19)20)14(22)6-11-4-5-12(16)7-13(11)17/h4-5,7,9-10H,2-3,6,8H2,1H3. The molecule has 2 rings (SSSR count). The van der Waals surface area contributed by atoms with Crippen LogP contribution in [0.2, 0.25) is 10.0 Å². The summed E-state index contributed by atoms with van der Waals surface area (Å²) in [6.07, 6.45) is -2.85. The first-order chi connectivity index (χ1) is 10.2. The number of nitrogens with zero attached hydrogens (tertiary/aromatic N) is 1. The lowest BCUT2D eigenvalue weighted by atomic mass is 10.1. The summed E-state index contributed by atoms with van der Waals surface area (Å²) in [5, 5.41) is 0.701. The maximum absolute atomic E-state index is 12.7. The van der Waals surface area contributed by atoms with E-state index in [0.29, 0.717) is 10.6 Å². The molecular weight excluding hydrogens is 338 g/mol. The quantitative estimate of drug-likeness (QED) is 0.749. The van der Waals surface area contributed by atoms with Crippen LogP contribution in [0.5, 0.6) is 0 Å². The van der Waals surface area contributed by atoms with Crippen molar-refractivity contribution in [1.29, 1.82) is 0 Å². The molecule has 7 heteroatoms. The Morgan fingerprint density at radius 2 is 2.00 bits per heavy atom. The highest BCUT2D eigenvalue weighted by molar-refractivity contribution is 6.35. The molecule has 0 heterocycles. The van der Waals surface area contributed by atoms with Crippen LogP contribution in [0.3, 0.4) is 0 Å². The van der Waals surface area contributed by atoms with E-state index in [1.165, 1.54) is 6.07 Å². The zero-order valence-electron chi connectivity index (χ0n) is 12.0. The predicted octanol–water partition coefficient (Wildman–Crippen LogP) is 4.73. The average Bonchev–Trinajstić information content (AvgIpc) is 3.21. The van der Waals surface area contributed by atoms with Gasteiger partial charge in [0, 0.05) is 16.1 Å². The van der Waals surface area contributed by atoms with Crippen LogP contribution in [0.25, 0.3) is 0 Å². The molecular formula is C15H16Cl2F3NO. The SMILES string of the molecule is CC(C1CC1)N(CC(F)(F)F)C(=O)Cc1ccc(Cl)cc1Cl. The van der Waals surface area contributed by atoms with E-state index in [0.717, 1.165) is 17.7 Å². The molecule has 0 radical (unpaired) electrons. The van der Waals surface area contributed by atoms with Gasteiger partial charge in [-0.25, -0.2) is 0 Å². The summed E-state index contributed by atoms with van der Waals surface area (Å²) in [6.45, 7) is 0.444. The van der Waals surface area contributed by atoms with E-state index in [1.54, 1.807) is 19.1 Å². The summed E-state index contributed by atoms with van der Waals surface area (Å²) in [6, 6.07) is 4.19. The summed E-state index contributed by atoms with van der Waals surface area (Å²) in [5.74, 6) is -0.409. The molecule has 1 unspecified atom stereocenters. The molecule has 0 bridgehead atoms. The van der Waals surface area contributed by atoms with Crippen LogP contribution in [-0.4, -0.2) is 29.6 Å². The maximum atomic E-state index is 12.7. The summed E-state index contributed by atoms with van der Waals surface area (Å²) in [5.41, 5.74) is 0.478. The van der Waals surface area contributed by atoms with Gasteiger partial charge in [-0.15, -0.1) is 0 Å². The van der Waals surface area contributed by atoms with Crippen LogP contribution in [0.4, 0.5) is 13.2 Å². The second kappa shape index (κ2) is 6.67. The fourth-order valence-corrected chi connectivity index (χ4v) is 2.89. The van der Waals surface area contributed by atoms with Crippen molar-refractivity contribution in [2.45, 2.75) is 38.4 Å². The minimum Gasteiger partial charge on any atom is -0.330 e. The largest absolute Gasteiger partial charge is 0.406 e. The van der Waals surface area contributed by atoms with Crippen LogP contribution in [-0.2, 0) is 11.2 Å². The van der Waals surface area contributed by atoms with Crippen molar-refractivity contribution in [3.05, 3.63) is 33.8 Å². The van der Waals surface area contributed by atoms with E-state index >= 15 is 0 Å². The topological polar surface area (TPSA) is 20.3 Å². The number of hydrogen-bond donors (Lipinski definition) is 0. The Hall–Kier alpha value is -0.940. The molecule has 0 saturated heterocycles. The van der Waals surface area contributed by atoms with Crippen LogP contribution in [0.15, 0.2) is 18.2 Å². The molecule has 1 aliphatic carbocycles. The Balaban J connectivity index is 2.13. The lowest BCUT2D eigenvalue weighted by Gasteiger charge is -2.30. The molecule has 0 aromatic heterocycles. The van der Waals surface area contributed by atoms with Gasteiger partial charge in [-0.3, -0.25) is 4.79 Å². The first-order valence-electron chi connectivity index (χ1n) is 6.97. The zero-order chi connectivity index (χ0) is 16.5. The smallest absolute Gasteiger partial charge is 0.330 e. The highest BCUT2D eigenvalue weighted by Gasteiger charge is 2.40. The lowest BCUT2D eigenvalue weighted by molar-refractivity contribution is -0.165. The third-order valence-electron chi connectivity index (χ3n) is 3.82. The fraction of sp³-hybridized carbons (Fsp3) is 0.533. The molecule has 122 valence electrons. The average molecular weight is 354 g/mol. The van der Waals surface area contributed by atoms with Gasteiger partial charge in [0.15, 0.2) is 0 Å². The van der Waals surface area contributed by atoms with Crippen molar-refractivity contribution >= 4 is 29.1 Å². The monoisotopic (exact) mass is 353 g/mol. The number of benzene rings is 1. The Morgan fingerprint density at radius 1 is 1.36 bits per heavy atom. The second-order valence-electron chi connectivity index (χ2n) is 5.63. The molecule has 2 nitrogen and oxygen atoms in total. The van der Waals surface area contributed by atoms with Crippen molar-refractivity contribution in [1.82, 2.24) is 4.90 Å². The van der Waals surface area contributed by atoms with Crippen LogP contribution in [0.1, 0.15) is 25.3 Å². The molecule has 1 atom stereocenters. The van der Waals surface area contributed by atoms with Gasteiger partial charge in [-0.1, -0.05) is 29.3 Å². The number of halogens is 5. The zero-order valence-corrected chi connectivity index (χ0v) is 13.5. The van der Waals surface area contributed by atoms with E-state index in [-0.39, 0.29) is 17.4 Å². The fourth-order valence-electron chi connectivity index (χ4n) is 2.42. The molecule has 1 aliphatic rings.